The van der Waals surface area contributed by atoms with E-state index in [4.69, 9.17) is 0 Å². The first kappa shape index (κ1) is 20.6. The number of hydrogen-bond acceptors (Lipinski definition) is 3. The summed E-state index contributed by atoms with van der Waals surface area (Å²) >= 11 is 1.71. The molecule has 28 heavy (non-hydrogen) atoms. The van der Waals surface area contributed by atoms with Crippen LogP contribution in [0.1, 0.15) is 73.9 Å². The van der Waals surface area contributed by atoms with Crippen molar-refractivity contribution in [3.8, 4) is 6.07 Å². The van der Waals surface area contributed by atoms with Gasteiger partial charge in [0.05, 0.1) is 10.9 Å². The SMILES string of the molecule is CC[C@@H](C)c1ccc([C@H]([NH2+]CC(=O)NC2(C#N)CCCC2)c2cccs2)cc1. The Balaban J connectivity index is 1.69. The molecular formula is C23H30N3OS+. The molecule has 1 aromatic heterocycles. The van der Waals surface area contributed by atoms with Crippen LogP contribution in [0.15, 0.2) is 41.8 Å². The van der Waals surface area contributed by atoms with Crippen LogP contribution < -0.4 is 10.6 Å². The summed E-state index contributed by atoms with van der Waals surface area (Å²) in [5.41, 5.74) is 1.91. The van der Waals surface area contributed by atoms with Crippen LogP contribution in [-0.2, 0) is 4.79 Å². The summed E-state index contributed by atoms with van der Waals surface area (Å²) in [4.78, 5) is 13.8. The molecule has 5 heteroatoms. The first-order valence-corrected chi connectivity index (χ1v) is 11.1. The van der Waals surface area contributed by atoms with Crippen molar-refractivity contribution in [2.75, 3.05) is 6.54 Å². The fraction of sp³-hybridized carbons (Fsp3) is 0.478. The number of nitrogens with one attached hydrogen (secondary N) is 1. The topological polar surface area (TPSA) is 69.5 Å². The minimum absolute atomic E-state index is 0.0544. The zero-order chi connectivity index (χ0) is 20.0. The molecule has 2 aromatic rings. The molecule has 148 valence electrons. The number of quaternary nitrogens is 1. The minimum atomic E-state index is -0.651. The highest BCUT2D eigenvalue weighted by atomic mass is 32.1. The summed E-state index contributed by atoms with van der Waals surface area (Å²) in [7, 11) is 0. The minimum Gasteiger partial charge on any atom is -0.333 e. The van der Waals surface area contributed by atoms with Gasteiger partial charge in [-0.1, -0.05) is 44.2 Å². The first-order valence-electron chi connectivity index (χ1n) is 10.3. The number of nitriles is 1. The molecule has 1 saturated carbocycles. The Bertz CT molecular complexity index is 801. The van der Waals surface area contributed by atoms with Gasteiger partial charge in [-0.05, 0) is 55.0 Å². The van der Waals surface area contributed by atoms with Crippen molar-refractivity contribution in [1.29, 1.82) is 5.26 Å². The van der Waals surface area contributed by atoms with Crippen molar-refractivity contribution >= 4 is 17.2 Å². The van der Waals surface area contributed by atoms with Crippen molar-refractivity contribution in [2.24, 2.45) is 0 Å². The third-order valence-corrected chi connectivity index (χ3v) is 6.87. The van der Waals surface area contributed by atoms with Crippen molar-refractivity contribution in [2.45, 2.75) is 63.5 Å². The zero-order valence-corrected chi connectivity index (χ0v) is 17.6. The molecule has 1 aromatic carbocycles. The number of nitrogens with zero attached hydrogens (tertiary/aromatic N) is 1. The van der Waals surface area contributed by atoms with Gasteiger partial charge in [-0.15, -0.1) is 11.3 Å². The lowest BCUT2D eigenvalue weighted by Crippen LogP contribution is -2.88. The first-order chi connectivity index (χ1) is 13.6. The fourth-order valence-corrected chi connectivity index (χ4v) is 4.79. The van der Waals surface area contributed by atoms with Gasteiger partial charge in [0.25, 0.3) is 5.91 Å². The normalized spacial score (nSPS) is 17.6. The summed E-state index contributed by atoms with van der Waals surface area (Å²) in [5.74, 6) is 0.499. The Morgan fingerprint density at radius 1 is 1.25 bits per heavy atom. The molecule has 1 aliphatic rings. The molecule has 0 spiro atoms. The monoisotopic (exact) mass is 396 g/mol. The van der Waals surface area contributed by atoms with Gasteiger partial charge < -0.3 is 10.6 Å². The second kappa shape index (κ2) is 9.36. The number of hydrogen-bond donors (Lipinski definition) is 2. The number of thiophene rings is 1. The van der Waals surface area contributed by atoms with Gasteiger partial charge in [-0.3, -0.25) is 4.79 Å². The van der Waals surface area contributed by atoms with Gasteiger partial charge >= 0.3 is 0 Å². The number of amides is 1. The van der Waals surface area contributed by atoms with Gasteiger partial charge in [0, 0.05) is 5.56 Å². The molecule has 1 amide bonds. The van der Waals surface area contributed by atoms with E-state index in [0.29, 0.717) is 12.5 Å². The number of carbonyl (C=O) groups is 1. The van der Waals surface area contributed by atoms with Crippen LogP contribution in [0.25, 0.3) is 0 Å². The molecular weight excluding hydrogens is 366 g/mol. The quantitative estimate of drug-likeness (QED) is 0.711. The Labute approximate surface area is 172 Å². The number of carbonyl (C=O) groups excluding carboxylic acids is 1. The smallest absolute Gasteiger partial charge is 0.276 e. The van der Waals surface area contributed by atoms with E-state index in [0.717, 1.165) is 32.1 Å². The maximum Gasteiger partial charge on any atom is 0.276 e. The summed E-state index contributed by atoms with van der Waals surface area (Å²) in [5, 5.41) is 16.6. The molecule has 3 N–H and O–H groups in total. The molecule has 3 rings (SSSR count). The summed E-state index contributed by atoms with van der Waals surface area (Å²) in [6.45, 7) is 4.77. The molecule has 0 unspecified atom stereocenters. The van der Waals surface area contributed by atoms with E-state index in [9.17, 15) is 10.1 Å². The van der Waals surface area contributed by atoms with E-state index in [-0.39, 0.29) is 11.9 Å². The zero-order valence-electron chi connectivity index (χ0n) is 16.8. The van der Waals surface area contributed by atoms with Crippen molar-refractivity contribution in [3.05, 3.63) is 57.8 Å². The van der Waals surface area contributed by atoms with Gasteiger partial charge in [0.2, 0.25) is 0 Å². The molecule has 1 aliphatic carbocycles. The lowest BCUT2D eigenvalue weighted by Gasteiger charge is -2.22. The standard InChI is InChI=1S/C23H29N3OS/c1-3-17(2)18-8-10-19(11-9-18)22(20-7-6-14-28-20)25-15-21(27)26-23(16-24)12-4-5-13-23/h6-11,14,17,22,25H,3-5,12-13,15H2,1-2H3,(H,26,27)/p+1/t17-,22+/m1/s1. The van der Waals surface area contributed by atoms with Crippen LogP contribution in [0.2, 0.25) is 0 Å². The molecule has 0 aliphatic heterocycles. The van der Waals surface area contributed by atoms with Crippen LogP contribution in [0, 0.1) is 11.3 Å². The van der Waals surface area contributed by atoms with E-state index in [1.54, 1.807) is 11.3 Å². The molecule has 0 radical (unpaired) electrons. The van der Waals surface area contributed by atoms with Gasteiger partial charge in [-0.2, -0.15) is 5.26 Å². The van der Waals surface area contributed by atoms with Crippen LogP contribution >= 0.6 is 11.3 Å². The second-order valence-electron chi connectivity index (χ2n) is 7.86. The molecule has 0 saturated heterocycles. The largest absolute Gasteiger partial charge is 0.333 e. The number of benzene rings is 1. The van der Waals surface area contributed by atoms with E-state index >= 15 is 0 Å². The second-order valence-corrected chi connectivity index (χ2v) is 8.84. The molecule has 4 nitrogen and oxygen atoms in total. The summed E-state index contributed by atoms with van der Waals surface area (Å²) in [6, 6.07) is 15.4. The van der Waals surface area contributed by atoms with E-state index in [1.807, 2.05) is 0 Å². The Hall–Kier alpha value is -2.16. The lowest BCUT2D eigenvalue weighted by atomic mass is 9.95. The van der Waals surface area contributed by atoms with Crippen LogP contribution in [-0.4, -0.2) is 18.0 Å². The van der Waals surface area contributed by atoms with Crippen molar-refractivity contribution < 1.29 is 10.1 Å². The van der Waals surface area contributed by atoms with E-state index in [2.05, 4.69) is 72.3 Å². The molecule has 1 heterocycles. The summed E-state index contributed by atoms with van der Waals surface area (Å²) < 4.78 is 0. The van der Waals surface area contributed by atoms with Crippen LogP contribution in [0.5, 0.6) is 0 Å². The van der Waals surface area contributed by atoms with Crippen LogP contribution in [0.3, 0.4) is 0 Å². The highest BCUT2D eigenvalue weighted by Gasteiger charge is 2.35. The predicted octanol–water partition coefficient (Wildman–Crippen LogP) is 3.87. The Morgan fingerprint density at radius 2 is 1.93 bits per heavy atom. The fourth-order valence-electron chi connectivity index (χ4n) is 3.94. The van der Waals surface area contributed by atoms with Gasteiger partial charge in [0.15, 0.2) is 6.54 Å². The van der Waals surface area contributed by atoms with Gasteiger partial charge in [-0.25, -0.2) is 0 Å². The highest BCUT2D eigenvalue weighted by molar-refractivity contribution is 7.10. The van der Waals surface area contributed by atoms with Crippen molar-refractivity contribution in [1.82, 2.24) is 5.32 Å². The number of rotatable bonds is 8. The number of nitrogens with two attached hydrogens (primary N) is 1. The Morgan fingerprint density at radius 3 is 2.50 bits per heavy atom. The molecule has 0 bridgehead atoms. The lowest BCUT2D eigenvalue weighted by molar-refractivity contribution is -0.676. The molecule has 2 atom stereocenters. The Kier molecular flexibility index (Phi) is 6.88. The summed E-state index contributed by atoms with van der Waals surface area (Å²) in [6.07, 6.45) is 4.68. The average Bonchev–Trinajstić information content (AvgIpc) is 3.41. The third kappa shape index (κ3) is 4.81. The average molecular weight is 397 g/mol. The van der Waals surface area contributed by atoms with Crippen molar-refractivity contribution in [3.63, 3.8) is 0 Å². The maximum atomic E-state index is 12.6. The highest BCUT2D eigenvalue weighted by Crippen LogP contribution is 2.29. The predicted molar refractivity (Wildman–Crippen MR) is 113 cm³/mol. The maximum absolute atomic E-state index is 12.6. The third-order valence-electron chi connectivity index (χ3n) is 5.92. The van der Waals surface area contributed by atoms with Gasteiger partial charge in [0.1, 0.15) is 11.6 Å². The van der Waals surface area contributed by atoms with E-state index < -0.39 is 5.54 Å². The molecule has 1 fully saturated rings. The van der Waals surface area contributed by atoms with Crippen LogP contribution in [0.4, 0.5) is 0 Å². The van der Waals surface area contributed by atoms with E-state index in [1.165, 1.54) is 16.0 Å².